The maximum atomic E-state index is 12.3. The maximum Gasteiger partial charge on any atom is 0.303 e. The quantitative estimate of drug-likeness (QED) is 0.889. The Hall–Kier alpha value is -2.22. The second kappa shape index (κ2) is 6.04. The number of carboxylic acid groups (broad SMARTS) is 1. The van der Waals surface area contributed by atoms with Gasteiger partial charge in [0, 0.05) is 37.3 Å². The second-order valence-electron chi connectivity index (χ2n) is 4.70. The molecule has 0 spiro atoms. The van der Waals surface area contributed by atoms with Crippen LogP contribution >= 0.6 is 11.3 Å². The van der Waals surface area contributed by atoms with Crippen LogP contribution in [0.25, 0.3) is 4.96 Å². The standard InChI is InChI=1S/C13H15N3O4S/c1-8-7-21-13-14-6-9(12(20)16(8)13)11(19)15(2)5-3-4-10(17)18/h6-7H,3-5H2,1-2H3,(H,17,18). The highest BCUT2D eigenvalue weighted by atomic mass is 32.1. The van der Waals surface area contributed by atoms with Crippen molar-refractivity contribution >= 4 is 28.2 Å². The number of amides is 1. The Morgan fingerprint density at radius 2 is 2.19 bits per heavy atom. The molecular weight excluding hydrogens is 294 g/mol. The molecular formula is C13H15N3O4S. The number of aromatic nitrogens is 2. The molecule has 0 unspecified atom stereocenters. The van der Waals surface area contributed by atoms with E-state index in [1.165, 1.54) is 26.8 Å². The van der Waals surface area contributed by atoms with Gasteiger partial charge in [-0.15, -0.1) is 11.3 Å². The summed E-state index contributed by atoms with van der Waals surface area (Å²) in [5.41, 5.74) is 0.330. The van der Waals surface area contributed by atoms with Crippen LogP contribution in [0.15, 0.2) is 16.4 Å². The van der Waals surface area contributed by atoms with Crippen molar-refractivity contribution in [3.63, 3.8) is 0 Å². The monoisotopic (exact) mass is 309 g/mol. The third-order valence-electron chi connectivity index (χ3n) is 3.08. The summed E-state index contributed by atoms with van der Waals surface area (Å²) in [7, 11) is 1.54. The van der Waals surface area contributed by atoms with E-state index < -0.39 is 17.4 Å². The number of fused-ring (bicyclic) bond motifs is 1. The highest BCUT2D eigenvalue weighted by Gasteiger charge is 2.18. The lowest BCUT2D eigenvalue weighted by Gasteiger charge is -2.16. The molecule has 112 valence electrons. The first-order valence-electron chi connectivity index (χ1n) is 6.35. The van der Waals surface area contributed by atoms with Crippen molar-refractivity contribution in [2.45, 2.75) is 19.8 Å². The number of rotatable bonds is 5. The average molecular weight is 309 g/mol. The van der Waals surface area contributed by atoms with Gasteiger partial charge in [-0.25, -0.2) is 4.98 Å². The van der Waals surface area contributed by atoms with Crippen LogP contribution in [0.1, 0.15) is 28.9 Å². The third-order valence-corrected chi connectivity index (χ3v) is 4.04. The normalized spacial score (nSPS) is 10.8. The van der Waals surface area contributed by atoms with E-state index in [-0.39, 0.29) is 18.5 Å². The highest BCUT2D eigenvalue weighted by Crippen LogP contribution is 2.11. The van der Waals surface area contributed by atoms with E-state index in [1.54, 1.807) is 19.4 Å². The molecule has 0 aromatic carbocycles. The Labute approximate surface area is 124 Å². The van der Waals surface area contributed by atoms with Gasteiger partial charge in [-0.2, -0.15) is 0 Å². The first-order chi connectivity index (χ1) is 9.91. The van der Waals surface area contributed by atoms with Gasteiger partial charge in [-0.05, 0) is 13.3 Å². The largest absolute Gasteiger partial charge is 0.481 e. The van der Waals surface area contributed by atoms with Crippen molar-refractivity contribution < 1.29 is 14.7 Å². The Kier molecular flexibility index (Phi) is 4.37. The summed E-state index contributed by atoms with van der Waals surface area (Å²) >= 11 is 1.34. The van der Waals surface area contributed by atoms with Gasteiger partial charge < -0.3 is 10.0 Å². The predicted octanol–water partition coefficient (Wildman–Crippen LogP) is 1.00. The molecule has 2 heterocycles. The highest BCUT2D eigenvalue weighted by molar-refractivity contribution is 7.15. The number of hydrogen-bond acceptors (Lipinski definition) is 5. The molecule has 2 rings (SSSR count). The van der Waals surface area contributed by atoms with Crippen molar-refractivity contribution in [3.8, 4) is 0 Å². The SMILES string of the molecule is Cc1csc2ncc(C(=O)N(C)CCCC(=O)O)c(=O)n12. The van der Waals surface area contributed by atoms with Crippen LogP contribution in [-0.2, 0) is 4.79 Å². The molecule has 0 saturated heterocycles. The zero-order chi connectivity index (χ0) is 15.6. The van der Waals surface area contributed by atoms with E-state index in [0.29, 0.717) is 11.4 Å². The number of nitrogens with zero attached hydrogens (tertiary/aromatic N) is 3. The number of thiazole rings is 1. The fourth-order valence-electron chi connectivity index (χ4n) is 1.95. The van der Waals surface area contributed by atoms with E-state index in [9.17, 15) is 14.4 Å². The smallest absolute Gasteiger partial charge is 0.303 e. The van der Waals surface area contributed by atoms with Gasteiger partial charge in [0.05, 0.1) is 0 Å². The molecule has 21 heavy (non-hydrogen) atoms. The Bertz CT molecular complexity index is 749. The number of hydrogen-bond donors (Lipinski definition) is 1. The molecule has 0 aliphatic rings. The van der Waals surface area contributed by atoms with Gasteiger partial charge in [0.2, 0.25) is 0 Å². The van der Waals surface area contributed by atoms with E-state index in [2.05, 4.69) is 4.98 Å². The first kappa shape index (κ1) is 15.2. The van der Waals surface area contributed by atoms with Crippen LogP contribution in [0.4, 0.5) is 0 Å². The third kappa shape index (κ3) is 3.10. The zero-order valence-electron chi connectivity index (χ0n) is 11.7. The predicted molar refractivity (Wildman–Crippen MR) is 77.9 cm³/mol. The fraction of sp³-hybridized carbons (Fsp3) is 0.385. The molecule has 0 saturated carbocycles. The van der Waals surface area contributed by atoms with Crippen LogP contribution in [0.3, 0.4) is 0 Å². The molecule has 8 heteroatoms. The van der Waals surface area contributed by atoms with Crippen molar-refractivity contribution in [2.75, 3.05) is 13.6 Å². The molecule has 2 aromatic rings. The van der Waals surface area contributed by atoms with Crippen LogP contribution in [0.5, 0.6) is 0 Å². The molecule has 7 nitrogen and oxygen atoms in total. The molecule has 0 aliphatic heterocycles. The minimum atomic E-state index is -0.909. The van der Waals surface area contributed by atoms with Gasteiger partial charge in [0.1, 0.15) is 5.56 Å². The lowest BCUT2D eigenvalue weighted by atomic mass is 10.2. The lowest BCUT2D eigenvalue weighted by molar-refractivity contribution is -0.137. The zero-order valence-corrected chi connectivity index (χ0v) is 12.5. The second-order valence-corrected chi connectivity index (χ2v) is 5.53. The Balaban J connectivity index is 2.23. The summed E-state index contributed by atoms with van der Waals surface area (Å²) in [4.78, 5) is 41.0. The maximum absolute atomic E-state index is 12.3. The van der Waals surface area contributed by atoms with Crippen molar-refractivity contribution in [1.82, 2.24) is 14.3 Å². The first-order valence-corrected chi connectivity index (χ1v) is 7.23. The summed E-state index contributed by atoms with van der Waals surface area (Å²) in [5, 5.41) is 10.4. The fourth-order valence-corrected chi connectivity index (χ4v) is 2.77. The number of aliphatic carboxylic acids is 1. The average Bonchev–Trinajstić information content (AvgIpc) is 2.80. The van der Waals surface area contributed by atoms with E-state index in [0.717, 1.165) is 5.69 Å². The summed E-state index contributed by atoms with van der Waals surface area (Å²) in [6.07, 6.45) is 1.60. The van der Waals surface area contributed by atoms with Gasteiger partial charge in [-0.1, -0.05) is 0 Å². The van der Waals surface area contributed by atoms with Gasteiger partial charge in [0.25, 0.3) is 11.5 Å². The van der Waals surface area contributed by atoms with Crippen LogP contribution in [0, 0.1) is 6.92 Å². The van der Waals surface area contributed by atoms with Crippen LogP contribution < -0.4 is 5.56 Å². The topological polar surface area (TPSA) is 92.0 Å². The number of carbonyl (C=O) groups excluding carboxylic acids is 1. The summed E-state index contributed by atoms with van der Waals surface area (Å²) in [6.45, 7) is 2.05. The van der Waals surface area contributed by atoms with Gasteiger partial charge >= 0.3 is 5.97 Å². The van der Waals surface area contributed by atoms with Crippen molar-refractivity contribution in [2.24, 2.45) is 0 Å². The van der Waals surface area contributed by atoms with Gasteiger partial charge in [0.15, 0.2) is 4.96 Å². The molecule has 0 fully saturated rings. The molecule has 0 atom stereocenters. The Morgan fingerprint density at radius 1 is 1.48 bits per heavy atom. The van der Waals surface area contributed by atoms with E-state index >= 15 is 0 Å². The number of carboxylic acids is 1. The Morgan fingerprint density at radius 3 is 2.86 bits per heavy atom. The minimum absolute atomic E-state index is 0.00757. The van der Waals surface area contributed by atoms with Gasteiger partial charge in [-0.3, -0.25) is 18.8 Å². The summed E-state index contributed by atoms with van der Waals surface area (Å²) < 4.78 is 1.41. The molecule has 1 amide bonds. The molecule has 0 aliphatic carbocycles. The van der Waals surface area contributed by atoms with Crippen molar-refractivity contribution in [3.05, 3.63) is 33.2 Å². The molecule has 0 radical (unpaired) electrons. The van der Waals surface area contributed by atoms with E-state index in [1.807, 2.05) is 0 Å². The minimum Gasteiger partial charge on any atom is -0.481 e. The van der Waals surface area contributed by atoms with Crippen molar-refractivity contribution in [1.29, 1.82) is 0 Å². The summed E-state index contributed by atoms with van der Waals surface area (Å²) in [5.74, 6) is -1.36. The van der Waals surface area contributed by atoms with Crippen LogP contribution in [0.2, 0.25) is 0 Å². The van der Waals surface area contributed by atoms with E-state index in [4.69, 9.17) is 5.11 Å². The lowest BCUT2D eigenvalue weighted by Crippen LogP contribution is -2.34. The number of carbonyl (C=O) groups is 2. The summed E-state index contributed by atoms with van der Waals surface area (Å²) in [6, 6.07) is 0. The molecule has 2 aromatic heterocycles. The molecule has 0 bridgehead atoms. The molecule has 1 N–H and O–H groups in total. The number of aryl methyl sites for hydroxylation is 1. The van der Waals surface area contributed by atoms with Crippen LogP contribution in [-0.4, -0.2) is 44.9 Å².